The van der Waals surface area contributed by atoms with Gasteiger partial charge in [-0.3, -0.25) is 4.90 Å². The third-order valence-corrected chi connectivity index (χ3v) is 4.72. The lowest BCUT2D eigenvalue weighted by atomic mass is 9.86. The van der Waals surface area contributed by atoms with Gasteiger partial charge in [0.05, 0.1) is 6.10 Å². The van der Waals surface area contributed by atoms with E-state index in [1.807, 2.05) is 7.11 Å². The summed E-state index contributed by atoms with van der Waals surface area (Å²) in [5, 5.41) is 0. The Kier molecular flexibility index (Phi) is 4.83. The van der Waals surface area contributed by atoms with E-state index in [-0.39, 0.29) is 0 Å². The van der Waals surface area contributed by atoms with Gasteiger partial charge in [-0.15, -0.1) is 0 Å². The number of ether oxygens (including phenoxy) is 1. The summed E-state index contributed by atoms with van der Waals surface area (Å²) >= 11 is 0. The molecule has 1 aliphatic carbocycles. The number of hydrogen-bond acceptors (Lipinski definition) is 3. The highest BCUT2D eigenvalue weighted by Gasteiger charge is 2.35. The lowest BCUT2D eigenvalue weighted by Crippen LogP contribution is -2.55. The van der Waals surface area contributed by atoms with E-state index in [1.54, 1.807) is 0 Å². The van der Waals surface area contributed by atoms with Crippen molar-refractivity contribution in [2.45, 2.75) is 76.1 Å². The highest BCUT2D eigenvalue weighted by atomic mass is 16.5. The molecule has 2 fully saturated rings. The zero-order chi connectivity index (χ0) is 12.3. The van der Waals surface area contributed by atoms with Crippen molar-refractivity contribution >= 4 is 0 Å². The molecule has 3 heteroatoms. The van der Waals surface area contributed by atoms with E-state index in [0.29, 0.717) is 24.2 Å². The summed E-state index contributed by atoms with van der Waals surface area (Å²) in [6.45, 7) is 3.19. The lowest BCUT2D eigenvalue weighted by molar-refractivity contribution is -0.0152. The summed E-state index contributed by atoms with van der Waals surface area (Å²) in [6.07, 6.45) is 9.53. The van der Waals surface area contributed by atoms with Crippen molar-refractivity contribution in [2.75, 3.05) is 13.7 Å². The summed E-state index contributed by atoms with van der Waals surface area (Å²) in [5.74, 6) is 0. The van der Waals surface area contributed by atoms with Crippen LogP contribution in [0, 0.1) is 0 Å². The molecule has 100 valence electrons. The number of methoxy groups -OCH3 is 1. The standard InChI is InChI=1S/C14H28N2O/c1-11-5-3-7-13(10-15)16(11)12-6-4-8-14(9-12)17-2/h11-14H,3-10,15H2,1-2H3. The van der Waals surface area contributed by atoms with Crippen molar-refractivity contribution in [1.29, 1.82) is 0 Å². The maximum Gasteiger partial charge on any atom is 0.0586 e. The van der Waals surface area contributed by atoms with Gasteiger partial charge in [0, 0.05) is 31.8 Å². The van der Waals surface area contributed by atoms with Crippen LogP contribution in [0.1, 0.15) is 51.9 Å². The van der Waals surface area contributed by atoms with Crippen LogP contribution in [0.4, 0.5) is 0 Å². The molecule has 4 unspecified atom stereocenters. The van der Waals surface area contributed by atoms with Crippen molar-refractivity contribution in [3.63, 3.8) is 0 Å². The van der Waals surface area contributed by atoms with Crippen LogP contribution in [-0.2, 0) is 4.74 Å². The Morgan fingerprint density at radius 1 is 1.18 bits per heavy atom. The molecule has 0 aromatic carbocycles. The number of nitrogens with zero attached hydrogens (tertiary/aromatic N) is 1. The van der Waals surface area contributed by atoms with Gasteiger partial charge in [0.25, 0.3) is 0 Å². The molecule has 0 amide bonds. The third kappa shape index (κ3) is 3.01. The normalized spacial score (nSPS) is 40.4. The smallest absolute Gasteiger partial charge is 0.0586 e. The second kappa shape index (κ2) is 6.17. The lowest BCUT2D eigenvalue weighted by Gasteiger charge is -2.47. The van der Waals surface area contributed by atoms with Gasteiger partial charge in [0.2, 0.25) is 0 Å². The van der Waals surface area contributed by atoms with Crippen LogP contribution in [0.2, 0.25) is 0 Å². The molecule has 2 rings (SSSR count). The first-order valence-corrected chi connectivity index (χ1v) is 7.26. The second-order valence-electron chi connectivity index (χ2n) is 5.79. The van der Waals surface area contributed by atoms with Gasteiger partial charge < -0.3 is 10.5 Å². The molecule has 17 heavy (non-hydrogen) atoms. The van der Waals surface area contributed by atoms with Gasteiger partial charge in [-0.25, -0.2) is 0 Å². The quantitative estimate of drug-likeness (QED) is 0.821. The van der Waals surface area contributed by atoms with Crippen molar-refractivity contribution in [3.05, 3.63) is 0 Å². The average Bonchev–Trinajstić information content (AvgIpc) is 2.38. The summed E-state index contributed by atoms with van der Waals surface area (Å²) in [5.41, 5.74) is 5.96. The summed E-state index contributed by atoms with van der Waals surface area (Å²) < 4.78 is 5.56. The second-order valence-corrected chi connectivity index (χ2v) is 5.79. The molecule has 0 aromatic heterocycles. The summed E-state index contributed by atoms with van der Waals surface area (Å²) in [4.78, 5) is 2.72. The van der Waals surface area contributed by atoms with Gasteiger partial charge in [-0.05, 0) is 45.4 Å². The van der Waals surface area contributed by atoms with Crippen LogP contribution in [0.25, 0.3) is 0 Å². The third-order valence-electron chi connectivity index (χ3n) is 4.72. The Balaban J connectivity index is 2.01. The van der Waals surface area contributed by atoms with E-state index in [4.69, 9.17) is 10.5 Å². The number of rotatable bonds is 3. The number of nitrogens with two attached hydrogens (primary N) is 1. The predicted octanol–water partition coefficient (Wildman–Crippen LogP) is 2.15. The van der Waals surface area contributed by atoms with Gasteiger partial charge >= 0.3 is 0 Å². The monoisotopic (exact) mass is 240 g/mol. The Morgan fingerprint density at radius 2 is 1.94 bits per heavy atom. The minimum Gasteiger partial charge on any atom is -0.381 e. The molecule has 1 saturated heterocycles. The fraction of sp³-hybridized carbons (Fsp3) is 1.00. The fourth-order valence-corrected chi connectivity index (χ4v) is 3.81. The molecule has 2 aliphatic rings. The van der Waals surface area contributed by atoms with E-state index in [1.165, 1.54) is 44.9 Å². The molecule has 0 spiro atoms. The Morgan fingerprint density at radius 3 is 2.65 bits per heavy atom. The van der Waals surface area contributed by atoms with E-state index in [2.05, 4.69) is 11.8 Å². The first-order valence-electron chi connectivity index (χ1n) is 7.26. The van der Waals surface area contributed by atoms with Crippen LogP contribution >= 0.6 is 0 Å². The highest BCUT2D eigenvalue weighted by Crippen LogP contribution is 2.32. The first-order chi connectivity index (χ1) is 8.26. The van der Waals surface area contributed by atoms with Gasteiger partial charge in [-0.2, -0.15) is 0 Å². The van der Waals surface area contributed by atoms with Crippen LogP contribution < -0.4 is 5.73 Å². The Hall–Kier alpha value is -0.120. The molecule has 2 N–H and O–H groups in total. The zero-order valence-electron chi connectivity index (χ0n) is 11.4. The number of likely N-dealkylation sites (tertiary alicyclic amines) is 1. The molecule has 0 radical (unpaired) electrons. The topological polar surface area (TPSA) is 38.5 Å². The van der Waals surface area contributed by atoms with Gasteiger partial charge in [0.1, 0.15) is 0 Å². The minimum absolute atomic E-state index is 0.473. The van der Waals surface area contributed by atoms with Crippen molar-refractivity contribution in [2.24, 2.45) is 5.73 Å². The minimum atomic E-state index is 0.473. The van der Waals surface area contributed by atoms with Gasteiger partial charge in [-0.1, -0.05) is 6.42 Å². The maximum atomic E-state index is 5.96. The molecule has 1 heterocycles. The molecule has 0 bridgehead atoms. The molecule has 0 aromatic rings. The molecular weight excluding hydrogens is 212 g/mol. The fourth-order valence-electron chi connectivity index (χ4n) is 3.81. The Bertz CT molecular complexity index is 234. The van der Waals surface area contributed by atoms with E-state index in [9.17, 15) is 0 Å². The van der Waals surface area contributed by atoms with Crippen LogP contribution in [0.15, 0.2) is 0 Å². The summed E-state index contributed by atoms with van der Waals surface area (Å²) in [7, 11) is 1.85. The average molecular weight is 240 g/mol. The van der Waals surface area contributed by atoms with E-state index in [0.717, 1.165) is 6.54 Å². The van der Waals surface area contributed by atoms with E-state index < -0.39 is 0 Å². The largest absolute Gasteiger partial charge is 0.381 e. The van der Waals surface area contributed by atoms with E-state index >= 15 is 0 Å². The van der Waals surface area contributed by atoms with Crippen LogP contribution in [0.5, 0.6) is 0 Å². The van der Waals surface area contributed by atoms with Crippen molar-refractivity contribution in [3.8, 4) is 0 Å². The predicted molar refractivity (Wildman–Crippen MR) is 71.0 cm³/mol. The molecule has 4 atom stereocenters. The molecule has 1 saturated carbocycles. The molecular formula is C14H28N2O. The highest BCUT2D eigenvalue weighted by molar-refractivity contribution is 4.91. The van der Waals surface area contributed by atoms with Gasteiger partial charge in [0.15, 0.2) is 0 Å². The zero-order valence-corrected chi connectivity index (χ0v) is 11.4. The number of piperidine rings is 1. The SMILES string of the molecule is COC1CCCC(N2C(C)CCCC2CN)C1. The van der Waals surface area contributed by atoms with Crippen molar-refractivity contribution in [1.82, 2.24) is 4.90 Å². The first kappa shape index (κ1) is 13.3. The molecule has 1 aliphatic heterocycles. The maximum absolute atomic E-state index is 5.96. The summed E-state index contributed by atoms with van der Waals surface area (Å²) in [6, 6.07) is 2.02. The van der Waals surface area contributed by atoms with Crippen molar-refractivity contribution < 1.29 is 4.74 Å². The number of hydrogen-bond donors (Lipinski definition) is 1. The van der Waals surface area contributed by atoms with Crippen LogP contribution in [-0.4, -0.2) is 42.8 Å². The van der Waals surface area contributed by atoms with Crippen LogP contribution in [0.3, 0.4) is 0 Å². The molecule has 3 nitrogen and oxygen atoms in total. The Labute approximate surface area is 106 Å².